The number of aldehydes is 1. The van der Waals surface area contributed by atoms with E-state index in [0.29, 0.717) is 12.3 Å². The van der Waals surface area contributed by atoms with Crippen molar-refractivity contribution in [1.29, 1.82) is 0 Å². The molecule has 0 aliphatic heterocycles. The first-order chi connectivity index (χ1) is 3.81. The fraction of sp³-hybridized carbons (Fsp3) is 0.833. The monoisotopic (exact) mass is 178 g/mol. The Hall–Kier alpha value is 0.150. The molecule has 0 aromatic carbocycles. The van der Waals surface area contributed by atoms with Gasteiger partial charge in [-0.15, -0.1) is 0 Å². The van der Waals surface area contributed by atoms with Crippen LogP contribution in [-0.2, 0) is 4.79 Å². The highest BCUT2D eigenvalue weighted by molar-refractivity contribution is 9.09. The van der Waals surface area contributed by atoms with Gasteiger partial charge in [-0.25, -0.2) is 0 Å². The molecule has 0 spiro atoms. The van der Waals surface area contributed by atoms with Crippen LogP contribution in [0.1, 0.15) is 19.8 Å². The highest BCUT2D eigenvalue weighted by Gasteiger charge is 1.96. The lowest BCUT2D eigenvalue weighted by molar-refractivity contribution is -0.108. The summed E-state index contributed by atoms with van der Waals surface area (Å²) in [6.07, 6.45) is 2.78. The van der Waals surface area contributed by atoms with Gasteiger partial charge in [0, 0.05) is 11.8 Å². The summed E-state index contributed by atoms with van der Waals surface area (Å²) in [6.45, 7) is 2.08. The minimum Gasteiger partial charge on any atom is -0.303 e. The molecule has 0 heterocycles. The highest BCUT2D eigenvalue weighted by atomic mass is 79.9. The normalized spacial score (nSPS) is 13.2. The van der Waals surface area contributed by atoms with E-state index in [4.69, 9.17) is 0 Å². The third-order valence-electron chi connectivity index (χ3n) is 1.10. The molecule has 0 saturated carbocycles. The first-order valence-corrected chi connectivity index (χ1v) is 3.93. The van der Waals surface area contributed by atoms with Crippen molar-refractivity contribution in [1.82, 2.24) is 0 Å². The third kappa shape index (κ3) is 4.31. The van der Waals surface area contributed by atoms with Gasteiger partial charge in [0.15, 0.2) is 0 Å². The molecule has 1 atom stereocenters. The lowest BCUT2D eigenvalue weighted by Crippen LogP contribution is -1.94. The number of halogens is 1. The van der Waals surface area contributed by atoms with Gasteiger partial charge in [0.25, 0.3) is 0 Å². The van der Waals surface area contributed by atoms with Crippen LogP contribution in [0.5, 0.6) is 0 Å². The Kier molecular flexibility index (Phi) is 5.39. The summed E-state index contributed by atoms with van der Waals surface area (Å²) in [4.78, 5) is 9.87. The number of carbonyl (C=O) groups is 1. The first kappa shape index (κ1) is 8.15. The van der Waals surface area contributed by atoms with Gasteiger partial charge < -0.3 is 4.79 Å². The lowest BCUT2D eigenvalue weighted by Gasteiger charge is -2.01. The summed E-state index contributed by atoms with van der Waals surface area (Å²) < 4.78 is 0. The van der Waals surface area contributed by atoms with Gasteiger partial charge in [-0.2, -0.15) is 0 Å². The van der Waals surface area contributed by atoms with Gasteiger partial charge in [0.1, 0.15) is 6.29 Å². The number of carbonyl (C=O) groups excluding carboxylic acids is 1. The predicted octanol–water partition coefficient (Wildman–Crippen LogP) is 2.00. The van der Waals surface area contributed by atoms with E-state index < -0.39 is 0 Å². The number of alkyl halides is 1. The molecule has 0 bridgehead atoms. The van der Waals surface area contributed by atoms with Crippen LogP contribution in [0.4, 0.5) is 0 Å². The van der Waals surface area contributed by atoms with E-state index in [9.17, 15) is 4.79 Å². The molecule has 2 heteroatoms. The van der Waals surface area contributed by atoms with Crippen LogP contribution < -0.4 is 0 Å². The van der Waals surface area contributed by atoms with Crippen LogP contribution in [0.2, 0.25) is 0 Å². The standard InChI is InChI=1S/C6H11BrO/c1-6(2-4-7)3-5-8/h5-6H,2-4H2,1H3/t6-/m0/s1. The summed E-state index contributed by atoms with van der Waals surface area (Å²) in [6, 6.07) is 0. The minimum absolute atomic E-state index is 0.548. The van der Waals surface area contributed by atoms with Crippen LogP contribution in [0.3, 0.4) is 0 Å². The van der Waals surface area contributed by atoms with E-state index >= 15 is 0 Å². The van der Waals surface area contributed by atoms with Gasteiger partial charge in [-0.3, -0.25) is 0 Å². The Morgan fingerprint density at radius 1 is 1.75 bits per heavy atom. The summed E-state index contributed by atoms with van der Waals surface area (Å²) in [7, 11) is 0. The van der Waals surface area contributed by atoms with E-state index in [1.54, 1.807) is 0 Å². The highest BCUT2D eigenvalue weighted by Crippen LogP contribution is 2.06. The second-order valence-corrected chi connectivity index (χ2v) is 2.78. The maximum absolute atomic E-state index is 9.87. The van der Waals surface area contributed by atoms with Gasteiger partial charge >= 0.3 is 0 Å². The quantitative estimate of drug-likeness (QED) is 0.476. The van der Waals surface area contributed by atoms with Crippen molar-refractivity contribution >= 4 is 22.2 Å². The van der Waals surface area contributed by atoms with E-state index in [-0.39, 0.29) is 0 Å². The Labute approximate surface area is 58.6 Å². The van der Waals surface area contributed by atoms with Crippen molar-refractivity contribution in [2.75, 3.05) is 5.33 Å². The zero-order valence-electron chi connectivity index (χ0n) is 5.06. The molecule has 0 aromatic rings. The van der Waals surface area contributed by atoms with Crippen molar-refractivity contribution in [3.8, 4) is 0 Å². The van der Waals surface area contributed by atoms with Gasteiger partial charge in [-0.1, -0.05) is 22.9 Å². The Morgan fingerprint density at radius 3 is 2.75 bits per heavy atom. The van der Waals surface area contributed by atoms with Crippen LogP contribution in [0, 0.1) is 5.92 Å². The van der Waals surface area contributed by atoms with Crippen molar-refractivity contribution in [3.05, 3.63) is 0 Å². The van der Waals surface area contributed by atoms with Crippen molar-refractivity contribution in [2.24, 2.45) is 5.92 Å². The van der Waals surface area contributed by atoms with Gasteiger partial charge in [0.05, 0.1) is 0 Å². The van der Waals surface area contributed by atoms with E-state index in [0.717, 1.165) is 18.0 Å². The Bertz CT molecular complexity index is 63.5. The number of rotatable bonds is 4. The summed E-state index contributed by atoms with van der Waals surface area (Å²) >= 11 is 3.30. The molecule has 0 unspecified atom stereocenters. The fourth-order valence-electron chi connectivity index (χ4n) is 0.468. The molecule has 8 heavy (non-hydrogen) atoms. The molecule has 0 aliphatic rings. The van der Waals surface area contributed by atoms with E-state index in [1.807, 2.05) is 0 Å². The zero-order valence-corrected chi connectivity index (χ0v) is 6.65. The molecule has 0 rings (SSSR count). The van der Waals surface area contributed by atoms with Crippen molar-refractivity contribution < 1.29 is 4.79 Å². The predicted molar refractivity (Wildman–Crippen MR) is 38.3 cm³/mol. The van der Waals surface area contributed by atoms with Crippen molar-refractivity contribution in [2.45, 2.75) is 19.8 Å². The zero-order chi connectivity index (χ0) is 6.41. The molecule has 48 valence electrons. The minimum atomic E-state index is 0.548. The smallest absolute Gasteiger partial charge is 0.120 e. The molecule has 0 saturated heterocycles. The Morgan fingerprint density at radius 2 is 2.38 bits per heavy atom. The van der Waals surface area contributed by atoms with Crippen LogP contribution in [0.25, 0.3) is 0 Å². The van der Waals surface area contributed by atoms with E-state index in [1.165, 1.54) is 0 Å². The van der Waals surface area contributed by atoms with E-state index in [2.05, 4.69) is 22.9 Å². The molecule has 0 aromatic heterocycles. The first-order valence-electron chi connectivity index (χ1n) is 2.81. The number of hydrogen-bond donors (Lipinski definition) is 0. The molecular formula is C6H11BrO. The second kappa shape index (κ2) is 5.29. The van der Waals surface area contributed by atoms with Gasteiger partial charge in [0.2, 0.25) is 0 Å². The molecule has 0 N–H and O–H groups in total. The van der Waals surface area contributed by atoms with Gasteiger partial charge in [-0.05, 0) is 12.3 Å². The second-order valence-electron chi connectivity index (χ2n) is 1.99. The fourth-order valence-corrected chi connectivity index (χ4v) is 1.25. The largest absolute Gasteiger partial charge is 0.303 e. The molecule has 0 aliphatic carbocycles. The van der Waals surface area contributed by atoms with Crippen LogP contribution in [-0.4, -0.2) is 11.6 Å². The van der Waals surface area contributed by atoms with Crippen molar-refractivity contribution in [3.63, 3.8) is 0 Å². The maximum Gasteiger partial charge on any atom is 0.120 e. The SMILES string of the molecule is C[C@H](CC=O)CCBr. The maximum atomic E-state index is 9.87. The molecule has 1 nitrogen and oxygen atoms in total. The van der Waals surface area contributed by atoms with Crippen LogP contribution in [0.15, 0.2) is 0 Å². The summed E-state index contributed by atoms with van der Waals surface area (Å²) in [5.74, 6) is 0.548. The molecule has 0 fully saturated rings. The molecule has 0 radical (unpaired) electrons. The lowest BCUT2D eigenvalue weighted by atomic mass is 10.1. The third-order valence-corrected chi connectivity index (χ3v) is 1.56. The average Bonchev–Trinajstić information content (AvgIpc) is 1.68. The topological polar surface area (TPSA) is 17.1 Å². The van der Waals surface area contributed by atoms with Crippen LogP contribution >= 0.6 is 15.9 Å². The molecular weight excluding hydrogens is 168 g/mol. The average molecular weight is 179 g/mol. The number of hydrogen-bond acceptors (Lipinski definition) is 1. The molecule has 0 amide bonds. The summed E-state index contributed by atoms with van der Waals surface area (Å²) in [5, 5.41) is 1.00. The Balaban J connectivity index is 3.03. The summed E-state index contributed by atoms with van der Waals surface area (Å²) in [5.41, 5.74) is 0.